The SMILES string of the molecule is CCCCCCc1cc(-c2sc(-c3sc(-c4sc(-c5sc(-c6ccc7c(c6)CCc6ccccc6N7CC)cc5CCCCCC)cc4CCCCCC)cc3CCCCCC)cc2CCCCCC)sc1C=c1sc(=C2SC(=S)N(CC)C2=O)n(COC=O)c1=O. The number of carbonyl (C=O) groups excluding carboxylic acids is 2. The Bertz CT molecular complexity index is 3970. The standard InChI is InChI=1S/C77H95N3O4S8/c1-8-15-20-25-33-54-44-64(86-63(54)49-68-74(82)80(50-84-51-81)76(91-68)73-75(83)79(14-7)77(85)92-73)69-57(35-27-22-17-10-3)46-66(88-69)71-59(37-29-24-19-12-5)48-67(90-71)72-58(36-28-23-18-11-4)47-65(89-72)70-56(34-26-21-16-9-2)45-62(87-70)55-41-42-61-53(43-55)40-39-52-32-30-31-38-60(52)78(61)13-6/h30-32,38,41-49,51H,8-29,33-37,39-40,50H2,1-7H3. The van der Waals surface area contributed by atoms with Gasteiger partial charge in [-0.05, 0) is 190 Å². The third-order valence-electron chi connectivity index (χ3n) is 18.2. The maximum Gasteiger partial charge on any atom is 0.294 e. The van der Waals surface area contributed by atoms with Gasteiger partial charge in [0.1, 0.15) is 13.9 Å². The normalized spacial score (nSPS) is 14.1. The summed E-state index contributed by atoms with van der Waals surface area (Å²) in [5, 5.41) is 0. The Labute approximate surface area is 582 Å². The van der Waals surface area contributed by atoms with Crippen LogP contribution in [0.15, 0.2) is 77.6 Å². The topological polar surface area (TPSA) is 71.8 Å². The van der Waals surface area contributed by atoms with Crippen LogP contribution in [0.4, 0.5) is 11.4 Å². The number of benzene rings is 2. The number of nitrogens with zero attached hydrogens (tertiary/aromatic N) is 3. The number of thiocarbonyl (C=S) groups is 1. The fourth-order valence-electron chi connectivity index (χ4n) is 13.1. The molecule has 490 valence electrons. The largest absolute Gasteiger partial charge is 0.446 e. The lowest BCUT2D eigenvalue weighted by Gasteiger charge is -2.25. The number of thiophene rings is 5. The molecule has 92 heavy (non-hydrogen) atoms. The molecule has 7 nitrogen and oxygen atoms in total. The van der Waals surface area contributed by atoms with E-state index in [1.807, 2.05) is 47.0 Å². The minimum atomic E-state index is -0.281. The summed E-state index contributed by atoms with van der Waals surface area (Å²) in [5.41, 5.74) is 13.8. The smallest absolute Gasteiger partial charge is 0.294 e. The van der Waals surface area contributed by atoms with Crippen molar-refractivity contribution in [2.75, 3.05) is 18.0 Å². The van der Waals surface area contributed by atoms with Gasteiger partial charge in [0.15, 0.2) is 6.73 Å². The number of thiazole rings is 1. The highest BCUT2D eigenvalue weighted by Crippen LogP contribution is 2.52. The van der Waals surface area contributed by atoms with E-state index in [2.05, 4.69) is 131 Å². The van der Waals surface area contributed by atoms with Crippen molar-refractivity contribution in [1.29, 1.82) is 0 Å². The molecule has 0 atom stereocenters. The first-order valence-electron chi connectivity index (χ1n) is 34.7. The number of hydrogen-bond donors (Lipinski definition) is 0. The van der Waals surface area contributed by atoms with Crippen LogP contribution in [0.3, 0.4) is 0 Å². The lowest BCUT2D eigenvalue weighted by Crippen LogP contribution is -2.34. The molecule has 1 amide bonds. The van der Waals surface area contributed by atoms with E-state index < -0.39 is 0 Å². The number of hydrogen-bond acceptors (Lipinski definition) is 13. The molecule has 0 bridgehead atoms. The first-order valence-corrected chi connectivity index (χ1v) is 40.8. The maximum absolute atomic E-state index is 14.5. The van der Waals surface area contributed by atoms with Gasteiger partial charge in [-0.15, -0.1) is 68.0 Å². The van der Waals surface area contributed by atoms with Gasteiger partial charge >= 0.3 is 0 Å². The molecule has 1 saturated heterocycles. The molecule has 0 unspecified atom stereocenters. The zero-order valence-corrected chi connectivity index (χ0v) is 62.1. The van der Waals surface area contributed by atoms with E-state index in [1.54, 1.807) is 16.2 Å². The highest BCUT2D eigenvalue weighted by atomic mass is 32.2. The number of amides is 1. The Morgan fingerprint density at radius 1 is 0.478 bits per heavy atom. The highest BCUT2D eigenvalue weighted by molar-refractivity contribution is 8.30. The molecule has 8 aromatic rings. The van der Waals surface area contributed by atoms with Gasteiger partial charge in [-0.1, -0.05) is 179 Å². The van der Waals surface area contributed by atoms with Crippen molar-refractivity contribution < 1.29 is 14.3 Å². The number of carbonyl (C=O) groups is 2. The summed E-state index contributed by atoms with van der Waals surface area (Å²) in [7, 11) is 0. The summed E-state index contributed by atoms with van der Waals surface area (Å²) < 4.78 is 8.08. The number of aromatic nitrogens is 1. The molecule has 1 fully saturated rings. The molecule has 15 heteroatoms. The van der Waals surface area contributed by atoms with Gasteiger partial charge in [0.25, 0.3) is 17.9 Å². The number of fused-ring (bicyclic) bond motifs is 2. The van der Waals surface area contributed by atoms with Crippen LogP contribution in [0.1, 0.15) is 221 Å². The third-order valence-corrected chi connectivity index (χ3v) is 27.5. The molecule has 8 heterocycles. The van der Waals surface area contributed by atoms with Crippen LogP contribution in [0.5, 0.6) is 0 Å². The summed E-state index contributed by atoms with van der Waals surface area (Å²) >= 11 is 18.0. The van der Waals surface area contributed by atoms with Crippen LogP contribution in [-0.4, -0.2) is 39.3 Å². The summed E-state index contributed by atoms with van der Waals surface area (Å²) in [4.78, 5) is 57.9. The van der Waals surface area contributed by atoms with Gasteiger partial charge in [0.05, 0.1) is 4.53 Å². The van der Waals surface area contributed by atoms with E-state index >= 15 is 0 Å². The molecule has 2 aliphatic rings. The summed E-state index contributed by atoms with van der Waals surface area (Å²) in [6.45, 7) is 17.1. The second-order valence-corrected chi connectivity index (χ2v) is 32.9. The van der Waals surface area contributed by atoms with E-state index in [4.69, 9.17) is 17.0 Å². The molecule has 2 aliphatic heterocycles. The molecule has 0 aliphatic carbocycles. The Balaban J connectivity index is 1.07. The summed E-state index contributed by atoms with van der Waals surface area (Å²) in [6, 6.07) is 29.2. The summed E-state index contributed by atoms with van der Waals surface area (Å²) in [6.07, 6.45) is 33.4. The number of unbranched alkanes of at least 4 members (excludes halogenated alkanes) is 15. The van der Waals surface area contributed by atoms with E-state index in [-0.39, 0.29) is 18.2 Å². The molecule has 2 aromatic carbocycles. The van der Waals surface area contributed by atoms with Crippen LogP contribution in [-0.2, 0) is 66.0 Å². The molecular formula is C77H95N3O4S8. The molecular weight excluding hydrogens is 1290 g/mol. The van der Waals surface area contributed by atoms with Gasteiger partial charge in [-0.3, -0.25) is 23.9 Å². The van der Waals surface area contributed by atoms with Gasteiger partial charge in [-0.25, -0.2) is 0 Å². The van der Waals surface area contributed by atoms with Crippen molar-refractivity contribution in [2.24, 2.45) is 0 Å². The molecule has 0 N–H and O–H groups in total. The van der Waals surface area contributed by atoms with Crippen LogP contribution in [0.2, 0.25) is 0 Å². The van der Waals surface area contributed by atoms with Crippen LogP contribution in [0.25, 0.3) is 60.4 Å². The third kappa shape index (κ3) is 16.7. The number of anilines is 2. The van der Waals surface area contributed by atoms with Crippen molar-refractivity contribution >= 4 is 131 Å². The fraction of sp³-hybridized carbons (Fsp3) is 0.481. The number of rotatable bonds is 36. The predicted octanol–water partition coefficient (Wildman–Crippen LogP) is 22.4. The average Bonchev–Trinajstić information content (AvgIpc) is 1.71. The van der Waals surface area contributed by atoms with Gasteiger partial charge in [-0.2, -0.15) is 0 Å². The number of para-hydroxylation sites is 1. The van der Waals surface area contributed by atoms with Gasteiger partial charge in [0.2, 0.25) is 0 Å². The van der Waals surface area contributed by atoms with Crippen molar-refractivity contribution in [3.8, 4) is 49.5 Å². The number of aryl methyl sites for hydroxylation is 7. The lowest BCUT2D eigenvalue weighted by molar-refractivity contribution is -0.132. The first kappa shape index (κ1) is 70.1. The molecule has 0 spiro atoms. The zero-order chi connectivity index (χ0) is 64.5. The Hall–Kier alpha value is -4.71. The highest BCUT2D eigenvalue weighted by Gasteiger charge is 2.33. The Morgan fingerprint density at radius 3 is 1.41 bits per heavy atom. The van der Waals surface area contributed by atoms with E-state index in [0.29, 0.717) is 31.4 Å². The molecule has 0 saturated carbocycles. The predicted molar refractivity (Wildman–Crippen MR) is 408 cm³/mol. The number of ether oxygens (including phenoxy) is 1. The van der Waals surface area contributed by atoms with Crippen molar-refractivity contribution in [1.82, 2.24) is 9.47 Å². The van der Waals surface area contributed by atoms with Crippen molar-refractivity contribution in [3.05, 3.63) is 136 Å². The first-order chi connectivity index (χ1) is 45.0. The Morgan fingerprint density at radius 2 is 0.924 bits per heavy atom. The van der Waals surface area contributed by atoms with Gasteiger partial charge < -0.3 is 9.64 Å². The monoisotopic (exact) mass is 1380 g/mol. The average molecular weight is 1380 g/mol. The fourth-order valence-corrected chi connectivity index (χ4v) is 22.3. The maximum atomic E-state index is 14.5. The molecule has 10 rings (SSSR count). The van der Waals surface area contributed by atoms with Crippen molar-refractivity contribution in [2.45, 2.75) is 229 Å². The second-order valence-electron chi connectivity index (χ2n) is 24.9. The van der Waals surface area contributed by atoms with E-state index in [0.717, 1.165) is 82.1 Å². The molecule has 0 radical (unpaired) electrons. The summed E-state index contributed by atoms with van der Waals surface area (Å²) in [5.74, 6) is -0.225. The number of thioether (sulfide) groups is 1. The second kappa shape index (κ2) is 34.8. The minimum Gasteiger partial charge on any atom is -0.446 e. The van der Waals surface area contributed by atoms with E-state index in [1.165, 1.54) is 230 Å². The Kier molecular flexibility index (Phi) is 26.5. The zero-order valence-electron chi connectivity index (χ0n) is 55.5. The van der Waals surface area contributed by atoms with Gasteiger partial charge in [0, 0.05) is 73.2 Å². The van der Waals surface area contributed by atoms with Crippen LogP contribution in [0, 0.1) is 0 Å². The van der Waals surface area contributed by atoms with E-state index in [9.17, 15) is 14.4 Å². The van der Waals surface area contributed by atoms with Crippen LogP contribution < -0.4 is 19.7 Å². The quantitative estimate of drug-likeness (QED) is 0.0220. The minimum absolute atomic E-state index is 0.225. The molecule has 6 aromatic heterocycles. The lowest BCUT2D eigenvalue weighted by atomic mass is 10.0. The van der Waals surface area contributed by atoms with Crippen LogP contribution >= 0.6 is 92.0 Å². The van der Waals surface area contributed by atoms with Crippen molar-refractivity contribution in [3.63, 3.8) is 0 Å².